The summed E-state index contributed by atoms with van der Waals surface area (Å²) < 4.78 is 5.26. The van der Waals surface area contributed by atoms with E-state index in [0.717, 1.165) is 16.5 Å². The van der Waals surface area contributed by atoms with Gasteiger partial charge in [0.1, 0.15) is 17.9 Å². The molecule has 0 aliphatic carbocycles. The molecule has 0 aliphatic heterocycles. The van der Waals surface area contributed by atoms with E-state index < -0.39 is 0 Å². The fourth-order valence-corrected chi connectivity index (χ4v) is 2.98. The number of halogens is 1. The minimum absolute atomic E-state index is 0.121. The van der Waals surface area contributed by atoms with E-state index in [1.54, 1.807) is 30.2 Å². The zero-order valence-corrected chi connectivity index (χ0v) is 15.5. The van der Waals surface area contributed by atoms with Crippen LogP contribution in [0.1, 0.15) is 5.56 Å². The van der Waals surface area contributed by atoms with Crippen LogP contribution in [0.3, 0.4) is 0 Å². The number of amides is 1. The topological polar surface area (TPSA) is 67.3 Å². The van der Waals surface area contributed by atoms with Crippen LogP contribution in [0.4, 0.5) is 11.5 Å². The summed E-state index contributed by atoms with van der Waals surface area (Å²) >= 11 is 6.01. The second kappa shape index (κ2) is 7.58. The second-order valence-electron chi connectivity index (χ2n) is 5.92. The van der Waals surface area contributed by atoms with Crippen LogP contribution < -0.4 is 15.0 Å². The van der Waals surface area contributed by atoms with Crippen LogP contribution in [0.25, 0.3) is 10.9 Å². The first-order chi connectivity index (χ1) is 12.5. The Morgan fingerprint density at radius 1 is 1.27 bits per heavy atom. The smallest absolute Gasteiger partial charge is 0.244 e. The summed E-state index contributed by atoms with van der Waals surface area (Å²) in [7, 11) is 3.36. The number of fused-ring (bicyclic) bond motifs is 1. The number of hydrogen-bond acceptors (Lipinski definition) is 5. The van der Waals surface area contributed by atoms with Crippen molar-refractivity contribution in [3.05, 3.63) is 53.3 Å². The Balaban J connectivity index is 1.82. The number of likely N-dealkylation sites (N-methyl/N-ethyl adjacent to an activating group) is 1. The molecule has 1 N–H and O–H groups in total. The van der Waals surface area contributed by atoms with Gasteiger partial charge in [-0.1, -0.05) is 23.7 Å². The molecule has 0 saturated heterocycles. The van der Waals surface area contributed by atoms with Crippen molar-refractivity contribution in [1.82, 2.24) is 9.97 Å². The Hall–Kier alpha value is -2.86. The van der Waals surface area contributed by atoms with Gasteiger partial charge >= 0.3 is 0 Å². The lowest BCUT2D eigenvalue weighted by Crippen LogP contribution is -2.31. The first kappa shape index (κ1) is 17.9. The summed E-state index contributed by atoms with van der Waals surface area (Å²) in [6.07, 6.45) is 1.51. The van der Waals surface area contributed by atoms with Gasteiger partial charge in [0.15, 0.2) is 0 Å². The molecule has 0 bridgehead atoms. The molecule has 0 saturated carbocycles. The largest absolute Gasteiger partial charge is 0.495 e. The number of carbonyl (C=O) groups is 1. The van der Waals surface area contributed by atoms with Crippen molar-refractivity contribution in [3.63, 3.8) is 0 Å². The number of aryl methyl sites for hydroxylation is 1. The molecule has 0 spiro atoms. The summed E-state index contributed by atoms with van der Waals surface area (Å²) in [4.78, 5) is 23.0. The number of carbonyl (C=O) groups excluding carboxylic acids is 1. The minimum atomic E-state index is -0.201. The van der Waals surface area contributed by atoms with Gasteiger partial charge in [0.05, 0.1) is 24.9 Å². The molecule has 7 heteroatoms. The second-order valence-corrected chi connectivity index (χ2v) is 6.35. The van der Waals surface area contributed by atoms with E-state index in [4.69, 9.17) is 16.3 Å². The predicted molar refractivity (Wildman–Crippen MR) is 104 cm³/mol. The standard InChI is InChI=1S/C19H19ClN4O2/c1-12-5-4-6-14-18(12)19(22-11-21-14)24(2)10-17(25)23-15-9-13(20)7-8-16(15)26-3/h4-9,11H,10H2,1-3H3,(H,23,25). The van der Waals surface area contributed by atoms with Crippen molar-refractivity contribution in [2.75, 3.05) is 30.9 Å². The maximum Gasteiger partial charge on any atom is 0.244 e. The van der Waals surface area contributed by atoms with Gasteiger partial charge < -0.3 is 15.0 Å². The van der Waals surface area contributed by atoms with E-state index >= 15 is 0 Å². The Kier molecular flexibility index (Phi) is 5.23. The normalized spacial score (nSPS) is 10.6. The number of nitrogens with one attached hydrogen (secondary N) is 1. The van der Waals surface area contributed by atoms with Gasteiger partial charge in [-0.25, -0.2) is 9.97 Å². The molecule has 0 aliphatic rings. The third kappa shape index (κ3) is 3.70. The third-order valence-electron chi connectivity index (χ3n) is 4.03. The average Bonchev–Trinajstić information content (AvgIpc) is 2.61. The van der Waals surface area contributed by atoms with Gasteiger partial charge in [-0.15, -0.1) is 0 Å². The van der Waals surface area contributed by atoms with E-state index in [1.165, 1.54) is 6.33 Å². The van der Waals surface area contributed by atoms with E-state index in [0.29, 0.717) is 22.3 Å². The summed E-state index contributed by atoms with van der Waals surface area (Å²) in [5, 5.41) is 4.29. The quantitative estimate of drug-likeness (QED) is 0.742. The van der Waals surface area contributed by atoms with Crippen molar-refractivity contribution in [1.29, 1.82) is 0 Å². The molecule has 3 aromatic rings. The Bertz CT molecular complexity index is 956. The molecule has 6 nitrogen and oxygen atoms in total. The molecule has 0 atom stereocenters. The van der Waals surface area contributed by atoms with Crippen molar-refractivity contribution in [2.45, 2.75) is 6.92 Å². The lowest BCUT2D eigenvalue weighted by Gasteiger charge is -2.20. The Morgan fingerprint density at radius 2 is 2.08 bits per heavy atom. The molecular weight excluding hydrogens is 352 g/mol. The summed E-state index contributed by atoms with van der Waals surface area (Å²) in [6, 6.07) is 11.0. The summed E-state index contributed by atoms with van der Waals surface area (Å²) in [6.45, 7) is 2.12. The van der Waals surface area contributed by atoms with E-state index in [-0.39, 0.29) is 12.5 Å². The molecule has 0 fully saturated rings. The van der Waals surface area contributed by atoms with Crippen LogP contribution in [0, 0.1) is 6.92 Å². The van der Waals surface area contributed by atoms with Crippen LogP contribution in [0.15, 0.2) is 42.7 Å². The fourth-order valence-electron chi connectivity index (χ4n) is 2.81. The number of rotatable bonds is 5. The molecule has 1 aromatic heterocycles. The highest BCUT2D eigenvalue weighted by atomic mass is 35.5. The van der Waals surface area contributed by atoms with Gasteiger partial charge in [-0.3, -0.25) is 4.79 Å². The highest BCUT2D eigenvalue weighted by molar-refractivity contribution is 6.31. The monoisotopic (exact) mass is 370 g/mol. The molecule has 1 heterocycles. The predicted octanol–water partition coefficient (Wildman–Crippen LogP) is 3.68. The van der Waals surface area contributed by atoms with Gasteiger partial charge in [-0.05, 0) is 36.8 Å². The summed E-state index contributed by atoms with van der Waals surface area (Å²) in [5.74, 6) is 1.06. The highest BCUT2D eigenvalue weighted by Gasteiger charge is 2.15. The van der Waals surface area contributed by atoms with E-state index in [9.17, 15) is 4.79 Å². The van der Waals surface area contributed by atoms with Gasteiger partial charge in [0.25, 0.3) is 0 Å². The van der Waals surface area contributed by atoms with Crippen LogP contribution in [-0.2, 0) is 4.79 Å². The molecule has 1 amide bonds. The van der Waals surface area contributed by atoms with Crippen LogP contribution in [0.2, 0.25) is 5.02 Å². The lowest BCUT2D eigenvalue weighted by atomic mass is 10.1. The fraction of sp³-hybridized carbons (Fsp3) is 0.211. The molecule has 2 aromatic carbocycles. The number of nitrogens with zero attached hydrogens (tertiary/aromatic N) is 3. The molecule has 26 heavy (non-hydrogen) atoms. The number of hydrogen-bond donors (Lipinski definition) is 1. The number of aromatic nitrogens is 2. The molecular formula is C19H19ClN4O2. The van der Waals surface area contributed by atoms with Crippen LogP contribution in [-0.4, -0.2) is 36.6 Å². The zero-order chi connectivity index (χ0) is 18.7. The maximum absolute atomic E-state index is 12.5. The number of ether oxygens (including phenoxy) is 1. The van der Waals surface area contributed by atoms with Crippen molar-refractivity contribution in [3.8, 4) is 5.75 Å². The third-order valence-corrected chi connectivity index (χ3v) is 4.26. The average molecular weight is 371 g/mol. The van der Waals surface area contributed by atoms with E-state index in [2.05, 4.69) is 15.3 Å². The highest BCUT2D eigenvalue weighted by Crippen LogP contribution is 2.28. The van der Waals surface area contributed by atoms with E-state index in [1.807, 2.05) is 32.2 Å². The number of methoxy groups -OCH3 is 1. The maximum atomic E-state index is 12.5. The van der Waals surface area contributed by atoms with Crippen molar-refractivity contribution >= 4 is 39.9 Å². The van der Waals surface area contributed by atoms with Crippen molar-refractivity contribution < 1.29 is 9.53 Å². The number of benzene rings is 2. The molecule has 134 valence electrons. The van der Waals surface area contributed by atoms with Crippen molar-refractivity contribution in [2.24, 2.45) is 0 Å². The lowest BCUT2D eigenvalue weighted by molar-refractivity contribution is -0.114. The Labute approximate surface area is 156 Å². The Morgan fingerprint density at radius 3 is 2.85 bits per heavy atom. The molecule has 0 unspecified atom stereocenters. The first-order valence-corrected chi connectivity index (χ1v) is 8.42. The SMILES string of the molecule is COc1ccc(Cl)cc1NC(=O)CN(C)c1ncnc2cccc(C)c12. The molecule has 3 rings (SSSR count). The first-order valence-electron chi connectivity index (χ1n) is 8.04. The van der Waals surface area contributed by atoms with Crippen LogP contribution >= 0.6 is 11.6 Å². The van der Waals surface area contributed by atoms with Gasteiger partial charge in [0.2, 0.25) is 5.91 Å². The van der Waals surface area contributed by atoms with Gasteiger partial charge in [0, 0.05) is 17.5 Å². The number of anilines is 2. The van der Waals surface area contributed by atoms with Gasteiger partial charge in [-0.2, -0.15) is 0 Å². The van der Waals surface area contributed by atoms with Crippen LogP contribution in [0.5, 0.6) is 5.75 Å². The minimum Gasteiger partial charge on any atom is -0.495 e. The molecule has 0 radical (unpaired) electrons. The summed E-state index contributed by atoms with van der Waals surface area (Å²) in [5.41, 5.74) is 2.43. The zero-order valence-electron chi connectivity index (χ0n) is 14.8.